The van der Waals surface area contributed by atoms with E-state index in [1.54, 1.807) is 0 Å². The van der Waals surface area contributed by atoms with Gasteiger partial charge in [0.25, 0.3) is 10.0 Å². The normalized spacial score (nSPS) is 17.3. The molecule has 0 aliphatic carbocycles. The highest BCUT2D eigenvalue weighted by molar-refractivity contribution is 7.89. The molecule has 2 N–H and O–H groups in total. The Hall–Kier alpha value is -1.64. The first-order valence-corrected chi connectivity index (χ1v) is 7.09. The lowest BCUT2D eigenvalue weighted by Gasteiger charge is -2.25. The predicted octanol–water partition coefficient (Wildman–Crippen LogP) is 0.806. The SMILES string of the molecule is O=C(O)c1cc(S(=O)(=O)N2CCCCO2)ccc1O. The summed E-state index contributed by atoms with van der Waals surface area (Å²) < 4.78 is 25.3. The van der Waals surface area contributed by atoms with Crippen LogP contribution in [0.25, 0.3) is 0 Å². The lowest BCUT2D eigenvalue weighted by atomic mass is 10.2. The molecular formula is C11H13NO6S. The van der Waals surface area contributed by atoms with Crippen molar-refractivity contribution in [3.63, 3.8) is 0 Å². The summed E-state index contributed by atoms with van der Waals surface area (Å²) in [5.41, 5.74) is -0.460. The number of hydrogen-bond donors (Lipinski definition) is 2. The van der Waals surface area contributed by atoms with Crippen molar-refractivity contribution >= 4 is 16.0 Å². The van der Waals surface area contributed by atoms with Crippen LogP contribution in [0.4, 0.5) is 0 Å². The third-order valence-electron chi connectivity index (χ3n) is 2.73. The molecule has 0 saturated carbocycles. The quantitative estimate of drug-likeness (QED) is 0.852. The molecule has 0 aromatic heterocycles. The second kappa shape index (κ2) is 5.16. The molecule has 1 saturated heterocycles. The molecule has 0 unspecified atom stereocenters. The smallest absolute Gasteiger partial charge is 0.339 e. The molecule has 0 bridgehead atoms. The molecule has 19 heavy (non-hydrogen) atoms. The number of carboxylic acid groups (broad SMARTS) is 1. The first-order valence-electron chi connectivity index (χ1n) is 5.65. The minimum Gasteiger partial charge on any atom is -0.507 e. The van der Waals surface area contributed by atoms with Gasteiger partial charge in [-0.1, -0.05) is 4.47 Å². The number of aromatic hydroxyl groups is 1. The number of aromatic carboxylic acids is 1. The van der Waals surface area contributed by atoms with Crippen LogP contribution in [-0.2, 0) is 14.9 Å². The highest BCUT2D eigenvalue weighted by Gasteiger charge is 2.28. The van der Waals surface area contributed by atoms with Crippen molar-refractivity contribution in [2.75, 3.05) is 13.2 Å². The van der Waals surface area contributed by atoms with Gasteiger partial charge in [0.05, 0.1) is 11.5 Å². The van der Waals surface area contributed by atoms with Gasteiger partial charge in [-0.3, -0.25) is 4.84 Å². The monoisotopic (exact) mass is 287 g/mol. The van der Waals surface area contributed by atoms with Gasteiger partial charge in [0.2, 0.25) is 0 Å². The van der Waals surface area contributed by atoms with E-state index in [9.17, 15) is 18.3 Å². The number of hydroxylamine groups is 1. The zero-order chi connectivity index (χ0) is 14.0. The van der Waals surface area contributed by atoms with E-state index in [2.05, 4.69) is 0 Å². The number of carbonyl (C=O) groups is 1. The van der Waals surface area contributed by atoms with Crippen LogP contribution in [0.3, 0.4) is 0 Å². The van der Waals surface area contributed by atoms with Crippen molar-refractivity contribution in [2.45, 2.75) is 17.7 Å². The standard InChI is InChI=1S/C11H13NO6S/c13-10-4-3-8(7-9(10)11(14)15)19(16,17)12-5-1-2-6-18-12/h3-4,7,13H,1-2,5-6H2,(H,14,15). The largest absolute Gasteiger partial charge is 0.507 e. The van der Waals surface area contributed by atoms with Crippen LogP contribution in [0.2, 0.25) is 0 Å². The van der Waals surface area contributed by atoms with Crippen LogP contribution in [0.5, 0.6) is 5.75 Å². The first-order chi connectivity index (χ1) is 8.93. The lowest BCUT2D eigenvalue weighted by molar-refractivity contribution is -0.108. The van der Waals surface area contributed by atoms with E-state index in [-0.39, 0.29) is 11.4 Å². The van der Waals surface area contributed by atoms with Crippen molar-refractivity contribution in [1.29, 1.82) is 0 Å². The number of rotatable bonds is 3. The summed E-state index contributed by atoms with van der Waals surface area (Å²) in [6.45, 7) is 0.536. The molecule has 1 aromatic carbocycles. The number of phenols is 1. The molecule has 1 fully saturated rings. The zero-order valence-electron chi connectivity index (χ0n) is 9.94. The Labute approximate surface area is 110 Å². The number of benzene rings is 1. The van der Waals surface area contributed by atoms with Crippen molar-refractivity contribution in [3.8, 4) is 5.75 Å². The molecule has 1 aliphatic heterocycles. The van der Waals surface area contributed by atoms with Crippen LogP contribution in [0.1, 0.15) is 23.2 Å². The van der Waals surface area contributed by atoms with Gasteiger partial charge in [0.1, 0.15) is 11.3 Å². The van der Waals surface area contributed by atoms with E-state index in [1.165, 1.54) is 0 Å². The van der Waals surface area contributed by atoms with Crippen LogP contribution in [0, 0.1) is 0 Å². The Morgan fingerprint density at radius 2 is 2.05 bits per heavy atom. The number of nitrogens with zero attached hydrogens (tertiary/aromatic N) is 1. The molecule has 1 heterocycles. The van der Waals surface area contributed by atoms with Crippen molar-refractivity contribution in [3.05, 3.63) is 23.8 Å². The van der Waals surface area contributed by atoms with E-state index in [4.69, 9.17) is 9.94 Å². The Morgan fingerprint density at radius 3 is 2.63 bits per heavy atom. The molecule has 1 aliphatic rings. The summed E-state index contributed by atoms with van der Waals surface area (Å²) in [5.74, 6) is -1.87. The highest BCUT2D eigenvalue weighted by Crippen LogP contribution is 2.25. The maximum absolute atomic E-state index is 12.2. The van der Waals surface area contributed by atoms with Crippen LogP contribution in [0.15, 0.2) is 23.1 Å². The van der Waals surface area contributed by atoms with Crippen molar-refractivity contribution < 1.29 is 28.3 Å². The van der Waals surface area contributed by atoms with Crippen LogP contribution in [-0.4, -0.2) is 42.2 Å². The fourth-order valence-corrected chi connectivity index (χ4v) is 3.05. The Kier molecular flexibility index (Phi) is 3.74. The Balaban J connectivity index is 2.40. The fraction of sp³-hybridized carbons (Fsp3) is 0.364. The van der Waals surface area contributed by atoms with E-state index >= 15 is 0 Å². The number of hydrogen-bond acceptors (Lipinski definition) is 5. The summed E-state index contributed by atoms with van der Waals surface area (Å²) in [6, 6.07) is 3.11. The van der Waals surface area contributed by atoms with E-state index in [0.29, 0.717) is 13.0 Å². The zero-order valence-corrected chi connectivity index (χ0v) is 10.8. The van der Waals surface area contributed by atoms with Crippen LogP contribution >= 0.6 is 0 Å². The minimum absolute atomic E-state index is 0.218. The molecule has 104 valence electrons. The molecule has 0 radical (unpaired) electrons. The van der Waals surface area contributed by atoms with Crippen molar-refractivity contribution in [1.82, 2.24) is 4.47 Å². The lowest BCUT2D eigenvalue weighted by Crippen LogP contribution is -2.35. The van der Waals surface area contributed by atoms with Gasteiger partial charge in [-0.25, -0.2) is 13.2 Å². The van der Waals surface area contributed by atoms with E-state index < -0.39 is 27.3 Å². The third-order valence-corrected chi connectivity index (χ3v) is 4.41. The predicted molar refractivity (Wildman–Crippen MR) is 64.1 cm³/mol. The summed E-state index contributed by atoms with van der Waals surface area (Å²) in [6.07, 6.45) is 1.46. The summed E-state index contributed by atoms with van der Waals surface area (Å²) >= 11 is 0. The van der Waals surface area contributed by atoms with Gasteiger partial charge in [-0.2, -0.15) is 0 Å². The maximum Gasteiger partial charge on any atom is 0.339 e. The number of carboxylic acids is 1. The third kappa shape index (κ3) is 2.70. The number of sulfonamides is 1. The highest BCUT2D eigenvalue weighted by atomic mass is 32.2. The van der Waals surface area contributed by atoms with Gasteiger partial charge in [0.15, 0.2) is 0 Å². The molecular weight excluding hydrogens is 274 g/mol. The molecule has 7 nitrogen and oxygen atoms in total. The maximum atomic E-state index is 12.2. The molecule has 2 rings (SSSR count). The Bertz CT molecular complexity index is 591. The Morgan fingerprint density at radius 1 is 1.32 bits per heavy atom. The molecule has 1 aromatic rings. The van der Waals surface area contributed by atoms with E-state index in [0.717, 1.165) is 29.1 Å². The molecule has 0 amide bonds. The topological polar surface area (TPSA) is 104 Å². The van der Waals surface area contributed by atoms with Gasteiger partial charge in [-0.05, 0) is 31.0 Å². The van der Waals surface area contributed by atoms with Crippen LogP contribution < -0.4 is 0 Å². The van der Waals surface area contributed by atoms with Gasteiger partial charge in [0, 0.05) is 6.54 Å². The van der Waals surface area contributed by atoms with E-state index in [1.807, 2.05) is 0 Å². The summed E-state index contributed by atoms with van der Waals surface area (Å²) in [4.78, 5) is 15.7. The summed E-state index contributed by atoms with van der Waals surface area (Å²) in [5, 5.41) is 18.2. The minimum atomic E-state index is -3.90. The average Bonchev–Trinajstić information content (AvgIpc) is 2.39. The molecule has 0 spiro atoms. The van der Waals surface area contributed by atoms with Gasteiger partial charge < -0.3 is 10.2 Å². The molecule has 0 atom stereocenters. The second-order valence-corrected chi connectivity index (χ2v) is 5.88. The summed E-state index contributed by atoms with van der Waals surface area (Å²) in [7, 11) is -3.90. The molecule has 8 heteroatoms. The van der Waals surface area contributed by atoms with Gasteiger partial charge in [-0.15, -0.1) is 0 Å². The average molecular weight is 287 g/mol. The van der Waals surface area contributed by atoms with Crippen molar-refractivity contribution in [2.24, 2.45) is 0 Å². The second-order valence-electron chi connectivity index (χ2n) is 4.06. The fourth-order valence-electron chi connectivity index (χ4n) is 1.73. The first kappa shape index (κ1) is 13.8. The van der Waals surface area contributed by atoms with Gasteiger partial charge >= 0.3 is 5.97 Å².